The Hall–Kier alpha value is -3.71. The number of rotatable bonds is 6. The van der Waals surface area contributed by atoms with E-state index in [1.54, 1.807) is 0 Å². The van der Waals surface area contributed by atoms with Gasteiger partial charge in [-0.1, -0.05) is 0 Å². The molecule has 2 aliphatic heterocycles. The molecule has 0 unspecified atom stereocenters. The average molecular weight is 596 g/mol. The molecule has 2 aromatic carbocycles. The Bertz CT molecular complexity index is 1510. The molecule has 9 atom stereocenters. The largest absolute Gasteiger partial charge is 0.507 e. The van der Waals surface area contributed by atoms with Gasteiger partial charge in [0.2, 0.25) is 12.0 Å². The van der Waals surface area contributed by atoms with Gasteiger partial charge in [-0.05, 0) is 18.2 Å². The maximum atomic E-state index is 13.0. The smallest absolute Gasteiger partial charge is 0.230 e. The minimum Gasteiger partial charge on any atom is -0.507 e. The Labute approximate surface area is 235 Å². The summed E-state index contributed by atoms with van der Waals surface area (Å²) in [4.78, 5) is 13.0. The van der Waals surface area contributed by atoms with E-state index in [9.17, 15) is 55.9 Å². The molecule has 0 saturated carbocycles. The first-order chi connectivity index (χ1) is 19.9. The van der Waals surface area contributed by atoms with Crippen molar-refractivity contribution in [2.45, 2.75) is 55.3 Å². The van der Waals surface area contributed by atoms with Gasteiger partial charge in [0, 0.05) is 17.7 Å². The predicted molar refractivity (Wildman–Crippen MR) is 136 cm³/mol. The maximum absolute atomic E-state index is 13.0. The second-order valence-electron chi connectivity index (χ2n) is 9.80. The van der Waals surface area contributed by atoms with Crippen LogP contribution in [0.25, 0.3) is 22.3 Å². The maximum Gasteiger partial charge on any atom is 0.230 e. The van der Waals surface area contributed by atoms with Crippen LogP contribution in [0.2, 0.25) is 0 Å². The summed E-state index contributed by atoms with van der Waals surface area (Å²) in [6.07, 6.45) is -15.3. The molecule has 16 heteroatoms. The Kier molecular flexibility index (Phi) is 8.17. The van der Waals surface area contributed by atoms with Crippen molar-refractivity contribution >= 4 is 11.0 Å². The van der Waals surface area contributed by atoms with E-state index in [4.69, 9.17) is 23.4 Å². The lowest BCUT2D eigenvalue weighted by atomic mass is 9.98. The molecule has 0 radical (unpaired) electrons. The van der Waals surface area contributed by atoms with Crippen molar-refractivity contribution in [2.24, 2.45) is 0 Å². The zero-order valence-corrected chi connectivity index (χ0v) is 21.4. The van der Waals surface area contributed by atoms with Crippen LogP contribution < -0.4 is 10.2 Å². The van der Waals surface area contributed by atoms with Crippen LogP contribution in [-0.2, 0) is 14.2 Å². The summed E-state index contributed by atoms with van der Waals surface area (Å²) in [6.45, 7) is -1.28. The fourth-order valence-corrected chi connectivity index (χ4v) is 4.68. The third-order valence-corrected chi connectivity index (χ3v) is 6.98. The topological polar surface area (TPSA) is 269 Å². The molecule has 0 spiro atoms. The van der Waals surface area contributed by atoms with Crippen LogP contribution in [0.15, 0.2) is 39.5 Å². The Morgan fingerprint density at radius 3 is 2.24 bits per heavy atom. The SMILES string of the molecule is O=c1cc(-c2ccc(O)c(O)c2)oc2c(O[C@@H]3O[C@H](CO)[C@@H](O)[C@H](O)[C@H]3O[C@@H]3OC[C@@H](O)[C@@H](O)[C@@H]3O)c(O)cc(O)c12. The van der Waals surface area contributed by atoms with E-state index in [-0.39, 0.29) is 11.3 Å². The summed E-state index contributed by atoms with van der Waals surface area (Å²) in [5.74, 6) is -3.28. The molecule has 10 N–H and O–H groups in total. The average Bonchev–Trinajstić information content (AvgIpc) is 2.95. The lowest BCUT2D eigenvalue weighted by Crippen LogP contribution is -2.63. The van der Waals surface area contributed by atoms with E-state index < -0.39 is 114 Å². The van der Waals surface area contributed by atoms with Crippen molar-refractivity contribution in [3.8, 4) is 40.1 Å². The van der Waals surface area contributed by atoms with Crippen molar-refractivity contribution in [1.29, 1.82) is 0 Å². The van der Waals surface area contributed by atoms with Crippen molar-refractivity contribution in [3.63, 3.8) is 0 Å². The molecule has 16 nitrogen and oxygen atoms in total. The Morgan fingerprint density at radius 1 is 0.810 bits per heavy atom. The van der Waals surface area contributed by atoms with E-state index in [0.717, 1.165) is 24.3 Å². The molecule has 228 valence electrons. The highest BCUT2D eigenvalue weighted by molar-refractivity contribution is 5.91. The van der Waals surface area contributed by atoms with Gasteiger partial charge in [-0.2, -0.15) is 0 Å². The summed E-state index contributed by atoms with van der Waals surface area (Å²) >= 11 is 0. The monoisotopic (exact) mass is 596 g/mol. The van der Waals surface area contributed by atoms with Gasteiger partial charge in [-0.3, -0.25) is 4.79 Å². The third-order valence-electron chi connectivity index (χ3n) is 6.98. The number of aliphatic hydroxyl groups excluding tert-OH is 6. The number of fused-ring (bicyclic) bond motifs is 1. The summed E-state index contributed by atoms with van der Waals surface area (Å²) < 4.78 is 27.9. The fraction of sp³-hybridized carbons (Fsp3) is 0.423. The van der Waals surface area contributed by atoms with Gasteiger partial charge < -0.3 is 74.4 Å². The highest BCUT2D eigenvalue weighted by Crippen LogP contribution is 2.43. The molecular weight excluding hydrogens is 568 g/mol. The highest BCUT2D eigenvalue weighted by atomic mass is 16.8. The van der Waals surface area contributed by atoms with Gasteiger partial charge in [0.05, 0.1) is 13.2 Å². The van der Waals surface area contributed by atoms with E-state index in [1.165, 1.54) is 6.07 Å². The molecule has 0 bridgehead atoms. The van der Waals surface area contributed by atoms with Crippen LogP contribution in [0.5, 0.6) is 28.7 Å². The third kappa shape index (κ3) is 5.31. The zero-order chi connectivity index (χ0) is 30.5. The molecule has 3 heterocycles. The van der Waals surface area contributed by atoms with Crippen LogP contribution in [0.3, 0.4) is 0 Å². The molecule has 3 aromatic rings. The van der Waals surface area contributed by atoms with Gasteiger partial charge in [0.25, 0.3) is 0 Å². The number of hydrogen-bond donors (Lipinski definition) is 10. The van der Waals surface area contributed by atoms with Crippen LogP contribution >= 0.6 is 0 Å². The minimum absolute atomic E-state index is 0.108. The quantitative estimate of drug-likeness (QED) is 0.137. The second kappa shape index (κ2) is 11.5. The first-order valence-corrected chi connectivity index (χ1v) is 12.6. The van der Waals surface area contributed by atoms with Crippen molar-refractivity contribution in [2.75, 3.05) is 13.2 Å². The number of ether oxygens (including phenoxy) is 4. The Morgan fingerprint density at radius 2 is 1.55 bits per heavy atom. The van der Waals surface area contributed by atoms with E-state index in [2.05, 4.69) is 0 Å². The number of benzene rings is 2. The lowest BCUT2D eigenvalue weighted by Gasteiger charge is -2.44. The van der Waals surface area contributed by atoms with Crippen LogP contribution in [0.4, 0.5) is 0 Å². The van der Waals surface area contributed by atoms with E-state index in [0.29, 0.717) is 0 Å². The molecule has 2 saturated heterocycles. The summed E-state index contributed by atoms with van der Waals surface area (Å²) in [5, 5.41) is 101. The molecule has 2 fully saturated rings. The van der Waals surface area contributed by atoms with Gasteiger partial charge in [-0.25, -0.2) is 0 Å². The lowest BCUT2D eigenvalue weighted by molar-refractivity contribution is -0.344. The first kappa shape index (κ1) is 29.8. The van der Waals surface area contributed by atoms with Crippen LogP contribution in [0.1, 0.15) is 0 Å². The number of hydrogen-bond acceptors (Lipinski definition) is 16. The number of aliphatic hydroxyl groups is 6. The predicted octanol–water partition coefficient (Wildman–Crippen LogP) is -2.08. The number of phenolic OH excluding ortho intramolecular Hbond substituents is 4. The first-order valence-electron chi connectivity index (χ1n) is 12.6. The van der Waals surface area contributed by atoms with Gasteiger partial charge in [0.15, 0.2) is 40.7 Å². The number of phenols is 4. The van der Waals surface area contributed by atoms with Crippen LogP contribution in [0, 0.1) is 0 Å². The van der Waals surface area contributed by atoms with Crippen molar-refractivity contribution in [1.82, 2.24) is 0 Å². The second-order valence-corrected chi connectivity index (χ2v) is 9.80. The normalized spacial score (nSPS) is 31.7. The molecule has 0 amide bonds. The van der Waals surface area contributed by atoms with E-state index >= 15 is 0 Å². The molecule has 5 rings (SSSR count). The standard InChI is InChI=1S/C26H28O16/c27-6-16-19(35)20(36)24(42-25-21(37)18(34)14(33)7-38-25)26(40-16)41-22-13(32)4-11(30)17-12(31)5-15(39-23(17)22)8-1-2-9(28)10(29)3-8/h1-5,14,16,18-21,24-30,32-37H,6-7H2/t14-,16-,18-,19-,20+,21+,24-,25+,26+/m1/s1. The molecule has 2 aliphatic rings. The molecular formula is C26H28O16. The zero-order valence-electron chi connectivity index (χ0n) is 21.4. The minimum atomic E-state index is -1.88. The molecule has 1 aromatic heterocycles. The highest BCUT2D eigenvalue weighted by Gasteiger charge is 2.50. The summed E-state index contributed by atoms with van der Waals surface area (Å²) in [7, 11) is 0. The molecule has 0 aliphatic carbocycles. The summed E-state index contributed by atoms with van der Waals surface area (Å²) in [5.41, 5.74) is -1.23. The van der Waals surface area contributed by atoms with Gasteiger partial charge in [-0.15, -0.1) is 0 Å². The van der Waals surface area contributed by atoms with Crippen LogP contribution in [-0.4, -0.2) is 120 Å². The van der Waals surface area contributed by atoms with E-state index in [1.807, 2.05) is 0 Å². The Balaban J connectivity index is 1.57. The van der Waals surface area contributed by atoms with Crippen molar-refractivity contribution < 1.29 is 74.4 Å². The van der Waals surface area contributed by atoms with Gasteiger partial charge >= 0.3 is 0 Å². The van der Waals surface area contributed by atoms with Crippen molar-refractivity contribution in [3.05, 3.63) is 40.6 Å². The molecule has 42 heavy (non-hydrogen) atoms. The number of aromatic hydroxyl groups is 4. The fourth-order valence-electron chi connectivity index (χ4n) is 4.68. The summed E-state index contributed by atoms with van der Waals surface area (Å²) in [6, 6.07) is 5.26. The van der Waals surface area contributed by atoms with Gasteiger partial charge in [0.1, 0.15) is 53.5 Å².